The molecule has 0 spiro atoms. The maximum Gasteiger partial charge on any atom is 0.0682 e. The first-order chi connectivity index (χ1) is 18.4. The smallest absolute Gasteiger partial charge is 0.0682 e. The number of hydrogen-bond donors (Lipinski definition) is 1. The molecule has 0 atom stereocenters. The van der Waals surface area contributed by atoms with Crippen LogP contribution in [0.25, 0.3) is 0 Å². The molecule has 0 aliphatic rings. The van der Waals surface area contributed by atoms with Gasteiger partial charge < -0.3 is 4.84 Å². The fourth-order valence-corrected chi connectivity index (χ4v) is 5.44. The molecule has 0 aliphatic heterocycles. The van der Waals surface area contributed by atoms with Crippen LogP contribution in [0.5, 0.6) is 0 Å². The van der Waals surface area contributed by atoms with Gasteiger partial charge in [0.05, 0.1) is 6.61 Å². The van der Waals surface area contributed by atoms with Gasteiger partial charge in [-0.3, -0.25) is 0 Å². The minimum atomic E-state index is 0.886. The normalized spacial score (nSPS) is 11.5. The highest BCUT2D eigenvalue weighted by atomic mass is 16.6. The van der Waals surface area contributed by atoms with Crippen LogP contribution >= 0.6 is 0 Å². The summed E-state index contributed by atoms with van der Waals surface area (Å²) >= 11 is 0. The lowest BCUT2D eigenvalue weighted by atomic mass is 10.0. The first kappa shape index (κ1) is 36.9. The zero-order valence-electron chi connectivity index (χ0n) is 26.2. The Balaban J connectivity index is 3.00. The average Bonchev–Trinajstić information content (AvgIpc) is 2.91. The van der Waals surface area contributed by atoms with Crippen molar-refractivity contribution >= 4 is 0 Å². The molecule has 224 valence electrons. The first-order valence-electron chi connectivity index (χ1n) is 17.8. The van der Waals surface area contributed by atoms with Crippen LogP contribution in [0.3, 0.4) is 0 Å². The van der Waals surface area contributed by atoms with Crippen LogP contribution in [0.4, 0.5) is 0 Å². The van der Waals surface area contributed by atoms with E-state index >= 15 is 0 Å². The second-order valence-electron chi connectivity index (χ2n) is 12.0. The average molecular weight is 524 g/mol. The van der Waals surface area contributed by atoms with E-state index in [1.165, 1.54) is 199 Å². The van der Waals surface area contributed by atoms with Crippen molar-refractivity contribution in [2.24, 2.45) is 0 Å². The molecule has 0 heterocycles. The van der Waals surface area contributed by atoms with Gasteiger partial charge in [0.2, 0.25) is 0 Å². The van der Waals surface area contributed by atoms with E-state index in [9.17, 15) is 0 Å². The minimum absolute atomic E-state index is 0.886. The third-order valence-corrected chi connectivity index (χ3v) is 8.08. The third-order valence-electron chi connectivity index (χ3n) is 8.08. The lowest BCUT2D eigenvalue weighted by Gasteiger charge is -2.06. The van der Waals surface area contributed by atoms with E-state index in [1.807, 2.05) is 0 Å². The molecular formula is C35H73NO. The molecular weight excluding hydrogens is 450 g/mol. The summed E-state index contributed by atoms with van der Waals surface area (Å²) in [6, 6.07) is 0. The Kier molecular flexibility index (Phi) is 35.8. The van der Waals surface area contributed by atoms with Crippen LogP contribution in [-0.2, 0) is 4.84 Å². The second-order valence-corrected chi connectivity index (χ2v) is 12.0. The molecule has 0 aromatic heterocycles. The molecule has 0 radical (unpaired) electrons. The van der Waals surface area contributed by atoms with E-state index < -0.39 is 0 Å². The van der Waals surface area contributed by atoms with Crippen LogP contribution in [0.1, 0.15) is 213 Å². The van der Waals surface area contributed by atoms with Crippen LogP contribution in [-0.4, -0.2) is 13.2 Å². The quantitative estimate of drug-likeness (QED) is 0.0668. The number of hydroxylamine groups is 1. The number of unbranched alkanes of at least 4 members (excludes halogenated alkanes) is 29. The van der Waals surface area contributed by atoms with E-state index in [0.717, 1.165) is 13.2 Å². The lowest BCUT2D eigenvalue weighted by Crippen LogP contribution is -2.16. The van der Waals surface area contributed by atoms with Crippen molar-refractivity contribution in [1.82, 2.24) is 5.48 Å². The Morgan fingerprint density at radius 3 is 0.838 bits per heavy atom. The molecule has 37 heavy (non-hydrogen) atoms. The second kappa shape index (κ2) is 35.9. The predicted molar refractivity (Wildman–Crippen MR) is 168 cm³/mol. The maximum absolute atomic E-state index is 5.62. The summed E-state index contributed by atoms with van der Waals surface area (Å²) in [6.07, 6.45) is 44.2. The molecule has 0 aliphatic carbocycles. The molecule has 0 bridgehead atoms. The van der Waals surface area contributed by atoms with E-state index in [1.54, 1.807) is 0 Å². The lowest BCUT2D eigenvalue weighted by molar-refractivity contribution is 0.0376. The first-order valence-corrected chi connectivity index (χ1v) is 17.8. The van der Waals surface area contributed by atoms with E-state index in [4.69, 9.17) is 4.84 Å². The molecule has 0 aromatic carbocycles. The van der Waals surface area contributed by atoms with Gasteiger partial charge in [-0.05, 0) is 12.8 Å². The Morgan fingerprint density at radius 2 is 0.541 bits per heavy atom. The fourth-order valence-electron chi connectivity index (χ4n) is 5.44. The van der Waals surface area contributed by atoms with Gasteiger partial charge in [-0.1, -0.05) is 200 Å². The van der Waals surface area contributed by atoms with Gasteiger partial charge in [0.15, 0.2) is 0 Å². The van der Waals surface area contributed by atoms with Gasteiger partial charge in [0.1, 0.15) is 0 Å². The fraction of sp³-hybridized carbons (Fsp3) is 1.00. The molecule has 2 heteroatoms. The zero-order valence-corrected chi connectivity index (χ0v) is 26.2. The molecule has 0 saturated heterocycles. The van der Waals surface area contributed by atoms with E-state index in [2.05, 4.69) is 19.3 Å². The Hall–Kier alpha value is -0.0800. The van der Waals surface area contributed by atoms with Crippen molar-refractivity contribution in [2.75, 3.05) is 13.2 Å². The van der Waals surface area contributed by atoms with Gasteiger partial charge in [-0.2, -0.15) is 0 Å². The van der Waals surface area contributed by atoms with Gasteiger partial charge in [0.25, 0.3) is 0 Å². The third kappa shape index (κ3) is 35.9. The van der Waals surface area contributed by atoms with Gasteiger partial charge in [-0.15, -0.1) is 0 Å². The van der Waals surface area contributed by atoms with Crippen molar-refractivity contribution in [3.8, 4) is 0 Å². The summed E-state index contributed by atoms with van der Waals surface area (Å²) in [7, 11) is 0. The van der Waals surface area contributed by atoms with Gasteiger partial charge in [0, 0.05) is 6.54 Å². The van der Waals surface area contributed by atoms with Crippen molar-refractivity contribution < 1.29 is 4.84 Å². The summed E-state index contributed by atoms with van der Waals surface area (Å²) in [4.78, 5) is 5.62. The molecule has 0 rings (SSSR count). The van der Waals surface area contributed by atoms with Crippen LogP contribution in [0.15, 0.2) is 0 Å². The topological polar surface area (TPSA) is 21.3 Å². The molecule has 0 fully saturated rings. The molecule has 0 unspecified atom stereocenters. The van der Waals surface area contributed by atoms with E-state index in [-0.39, 0.29) is 0 Å². The van der Waals surface area contributed by atoms with Gasteiger partial charge in [-0.25, -0.2) is 5.48 Å². The van der Waals surface area contributed by atoms with Crippen LogP contribution < -0.4 is 5.48 Å². The van der Waals surface area contributed by atoms with Crippen molar-refractivity contribution in [3.05, 3.63) is 0 Å². The van der Waals surface area contributed by atoms with Crippen LogP contribution in [0, 0.1) is 0 Å². The Labute approximate surface area is 236 Å². The summed E-state index contributed by atoms with van der Waals surface area (Å²) < 4.78 is 0. The van der Waals surface area contributed by atoms with Crippen molar-refractivity contribution in [1.29, 1.82) is 0 Å². The number of hydrogen-bond acceptors (Lipinski definition) is 2. The standard InChI is InChI=1S/C35H73NO/c1-3-5-7-9-11-13-15-17-19-21-23-25-27-29-31-33-35-37-36-34-32-30-28-26-24-22-20-18-16-14-12-10-8-6-4-2/h36H,3-35H2,1-2H3. The predicted octanol–water partition coefficient (Wildman–Crippen LogP) is 12.6. The summed E-state index contributed by atoms with van der Waals surface area (Å²) in [5, 5.41) is 0. The SMILES string of the molecule is CCCCCCCCCCCCCCCCCCONCCCCCCCCCCCCCCCCC. The molecule has 2 nitrogen and oxygen atoms in total. The van der Waals surface area contributed by atoms with Gasteiger partial charge >= 0.3 is 0 Å². The highest BCUT2D eigenvalue weighted by molar-refractivity contribution is 4.51. The molecule has 0 amide bonds. The summed E-state index contributed by atoms with van der Waals surface area (Å²) in [5.74, 6) is 0. The van der Waals surface area contributed by atoms with Crippen LogP contribution in [0.2, 0.25) is 0 Å². The van der Waals surface area contributed by atoms with Crippen molar-refractivity contribution in [3.63, 3.8) is 0 Å². The maximum atomic E-state index is 5.62. The zero-order chi connectivity index (χ0) is 26.7. The Morgan fingerprint density at radius 1 is 0.297 bits per heavy atom. The highest BCUT2D eigenvalue weighted by Crippen LogP contribution is 2.15. The Bertz CT molecular complexity index is 338. The monoisotopic (exact) mass is 524 g/mol. The molecule has 1 N–H and O–H groups in total. The summed E-state index contributed by atoms with van der Waals surface area (Å²) in [5.41, 5.74) is 3.18. The molecule has 0 aromatic rings. The number of rotatable bonds is 34. The van der Waals surface area contributed by atoms with E-state index in [0.29, 0.717) is 0 Å². The summed E-state index contributed by atoms with van der Waals surface area (Å²) in [6.45, 7) is 6.51. The highest BCUT2D eigenvalue weighted by Gasteiger charge is 1.97. The molecule has 0 saturated carbocycles. The number of nitrogens with one attached hydrogen (secondary N) is 1. The minimum Gasteiger partial charge on any atom is -0.302 e. The largest absolute Gasteiger partial charge is 0.302 e. The van der Waals surface area contributed by atoms with Crippen molar-refractivity contribution in [2.45, 2.75) is 213 Å².